The molecule has 5 heteroatoms. The molecule has 1 unspecified atom stereocenters. The number of benzene rings is 1. The predicted molar refractivity (Wildman–Crippen MR) is 73.1 cm³/mol. The lowest BCUT2D eigenvalue weighted by molar-refractivity contribution is -0.124. The van der Waals surface area contributed by atoms with Crippen LogP contribution in [0.25, 0.3) is 10.9 Å². The van der Waals surface area contributed by atoms with E-state index in [-0.39, 0.29) is 5.56 Å². The molecule has 5 nitrogen and oxygen atoms in total. The van der Waals surface area contributed by atoms with E-state index in [1.165, 1.54) is 6.07 Å². The Hall–Kier alpha value is -2.30. The van der Waals surface area contributed by atoms with E-state index in [2.05, 4.69) is 4.98 Å². The molecule has 0 aliphatic carbocycles. The second kappa shape index (κ2) is 5.56. The Morgan fingerprint density at radius 3 is 2.84 bits per heavy atom. The molecule has 0 spiro atoms. The number of nitrogens with one attached hydrogen (secondary N) is 1. The predicted octanol–water partition coefficient (Wildman–Crippen LogP) is 1.56. The standard InChI is InChI=1S/C14H16N2O3/c1-2-4-11(14(15)18)19-10-6-3-5-9-7-8-12(17)16-13(9)10/h3,5-8,11H,2,4H2,1H3,(H2,15,18)(H,16,17). The van der Waals surface area contributed by atoms with Gasteiger partial charge < -0.3 is 15.5 Å². The fourth-order valence-corrected chi connectivity index (χ4v) is 1.92. The van der Waals surface area contributed by atoms with Crippen LogP contribution < -0.4 is 16.0 Å². The van der Waals surface area contributed by atoms with Crippen molar-refractivity contribution in [2.75, 3.05) is 0 Å². The molecule has 0 aliphatic rings. The number of ether oxygens (including phenoxy) is 1. The number of hydrogen-bond donors (Lipinski definition) is 2. The molecule has 3 N–H and O–H groups in total. The molecule has 0 saturated heterocycles. The molecule has 1 atom stereocenters. The third-order valence-electron chi connectivity index (χ3n) is 2.86. The topological polar surface area (TPSA) is 85.2 Å². The summed E-state index contributed by atoms with van der Waals surface area (Å²) in [4.78, 5) is 25.4. The summed E-state index contributed by atoms with van der Waals surface area (Å²) in [7, 11) is 0. The normalized spacial score (nSPS) is 12.3. The quantitative estimate of drug-likeness (QED) is 0.855. The van der Waals surface area contributed by atoms with Gasteiger partial charge in [-0.2, -0.15) is 0 Å². The van der Waals surface area contributed by atoms with E-state index < -0.39 is 12.0 Å². The summed E-state index contributed by atoms with van der Waals surface area (Å²) >= 11 is 0. The maximum atomic E-state index is 11.4. The number of carbonyl (C=O) groups excluding carboxylic acids is 1. The van der Waals surface area contributed by atoms with Gasteiger partial charge in [0.2, 0.25) is 5.56 Å². The number of H-pyrrole nitrogens is 1. The molecule has 2 aromatic rings. The Morgan fingerprint density at radius 1 is 1.37 bits per heavy atom. The van der Waals surface area contributed by atoms with Gasteiger partial charge in [0.15, 0.2) is 6.10 Å². The molecule has 0 radical (unpaired) electrons. The van der Waals surface area contributed by atoms with Gasteiger partial charge in [0, 0.05) is 11.5 Å². The Kier molecular flexibility index (Phi) is 3.85. The molecule has 19 heavy (non-hydrogen) atoms. The molecular weight excluding hydrogens is 244 g/mol. The number of para-hydroxylation sites is 1. The SMILES string of the molecule is CCCC(Oc1cccc2ccc(=O)[nH]c12)C(N)=O. The number of aromatic amines is 1. The molecule has 1 amide bonds. The van der Waals surface area contributed by atoms with Crippen molar-refractivity contribution in [3.8, 4) is 5.75 Å². The molecule has 2 rings (SSSR count). The Labute approximate surface area is 110 Å². The van der Waals surface area contributed by atoms with Crippen LogP contribution in [0.3, 0.4) is 0 Å². The van der Waals surface area contributed by atoms with E-state index >= 15 is 0 Å². The summed E-state index contributed by atoms with van der Waals surface area (Å²) < 4.78 is 5.64. The number of nitrogens with two attached hydrogens (primary N) is 1. The van der Waals surface area contributed by atoms with Gasteiger partial charge in [-0.15, -0.1) is 0 Å². The molecule has 0 aliphatic heterocycles. The van der Waals surface area contributed by atoms with Gasteiger partial charge in [-0.3, -0.25) is 9.59 Å². The van der Waals surface area contributed by atoms with Crippen LogP contribution in [0.4, 0.5) is 0 Å². The van der Waals surface area contributed by atoms with E-state index in [0.717, 1.165) is 11.8 Å². The van der Waals surface area contributed by atoms with Crippen molar-refractivity contribution in [3.05, 3.63) is 40.7 Å². The van der Waals surface area contributed by atoms with Crippen LogP contribution in [0.1, 0.15) is 19.8 Å². The van der Waals surface area contributed by atoms with Gasteiger partial charge in [-0.05, 0) is 18.6 Å². The van der Waals surface area contributed by atoms with Crippen LogP contribution in [-0.2, 0) is 4.79 Å². The molecule has 0 fully saturated rings. The highest BCUT2D eigenvalue weighted by Crippen LogP contribution is 2.23. The van der Waals surface area contributed by atoms with Crippen molar-refractivity contribution >= 4 is 16.8 Å². The lowest BCUT2D eigenvalue weighted by Crippen LogP contribution is -2.33. The van der Waals surface area contributed by atoms with Crippen molar-refractivity contribution in [2.45, 2.75) is 25.9 Å². The number of carbonyl (C=O) groups is 1. The second-order valence-corrected chi connectivity index (χ2v) is 4.34. The number of pyridine rings is 1. The third kappa shape index (κ3) is 2.93. The van der Waals surface area contributed by atoms with Crippen molar-refractivity contribution < 1.29 is 9.53 Å². The zero-order chi connectivity index (χ0) is 13.8. The van der Waals surface area contributed by atoms with Crippen LogP contribution in [0, 0.1) is 0 Å². The van der Waals surface area contributed by atoms with Crippen molar-refractivity contribution in [3.63, 3.8) is 0 Å². The highest BCUT2D eigenvalue weighted by Gasteiger charge is 2.17. The van der Waals surface area contributed by atoms with Gasteiger partial charge in [-0.25, -0.2) is 0 Å². The first-order valence-electron chi connectivity index (χ1n) is 6.20. The fourth-order valence-electron chi connectivity index (χ4n) is 1.92. The Balaban J connectivity index is 2.41. The van der Waals surface area contributed by atoms with Gasteiger partial charge in [0.25, 0.3) is 5.91 Å². The summed E-state index contributed by atoms with van der Waals surface area (Å²) in [6.07, 6.45) is 0.650. The molecule has 0 bridgehead atoms. The van der Waals surface area contributed by atoms with E-state index in [1.807, 2.05) is 13.0 Å². The van der Waals surface area contributed by atoms with E-state index in [0.29, 0.717) is 17.7 Å². The first-order chi connectivity index (χ1) is 9.11. The minimum Gasteiger partial charge on any atom is -0.478 e. The van der Waals surface area contributed by atoms with Crippen LogP contribution in [0.5, 0.6) is 5.75 Å². The summed E-state index contributed by atoms with van der Waals surface area (Å²) in [5, 5.41) is 0.844. The first-order valence-corrected chi connectivity index (χ1v) is 6.20. The lowest BCUT2D eigenvalue weighted by atomic mass is 10.2. The number of aromatic nitrogens is 1. The summed E-state index contributed by atoms with van der Waals surface area (Å²) in [6, 6.07) is 8.53. The minimum atomic E-state index is -0.681. The van der Waals surface area contributed by atoms with Gasteiger partial charge >= 0.3 is 0 Å². The van der Waals surface area contributed by atoms with Crippen LogP contribution in [-0.4, -0.2) is 17.0 Å². The molecule has 0 saturated carbocycles. The van der Waals surface area contributed by atoms with Crippen LogP contribution in [0.15, 0.2) is 35.1 Å². The van der Waals surface area contributed by atoms with Crippen LogP contribution >= 0.6 is 0 Å². The maximum Gasteiger partial charge on any atom is 0.258 e. The number of hydrogen-bond acceptors (Lipinski definition) is 3. The van der Waals surface area contributed by atoms with E-state index in [4.69, 9.17) is 10.5 Å². The number of fused-ring (bicyclic) bond motifs is 1. The minimum absolute atomic E-state index is 0.213. The molecule has 1 aromatic heterocycles. The van der Waals surface area contributed by atoms with Crippen LogP contribution in [0.2, 0.25) is 0 Å². The molecule has 1 heterocycles. The zero-order valence-electron chi connectivity index (χ0n) is 10.7. The third-order valence-corrected chi connectivity index (χ3v) is 2.86. The lowest BCUT2D eigenvalue weighted by Gasteiger charge is -2.16. The average Bonchev–Trinajstić information content (AvgIpc) is 2.38. The summed E-state index contributed by atoms with van der Waals surface area (Å²) in [5.74, 6) is -0.0374. The first kappa shape index (κ1) is 13.1. The van der Waals surface area contributed by atoms with Gasteiger partial charge in [0.05, 0.1) is 5.52 Å². The number of rotatable bonds is 5. The Morgan fingerprint density at radius 2 is 2.16 bits per heavy atom. The highest BCUT2D eigenvalue weighted by molar-refractivity contribution is 5.85. The Bertz CT molecular complexity index is 648. The second-order valence-electron chi connectivity index (χ2n) is 4.34. The smallest absolute Gasteiger partial charge is 0.258 e. The zero-order valence-corrected chi connectivity index (χ0v) is 10.7. The van der Waals surface area contributed by atoms with Gasteiger partial charge in [-0.1, -0.05) is 25.5 Å². The molecule has 1 aromatic carbocycles. The maximum absolute atomic E-state index is 11.4. The van der Waals surface area contributed by atoms with Crippen molar-refractivity contribution in [1.82, 2.24) is 4.98 Å². The van der Waals surface area contributed by atoms with Crippen molar-refractivity contribution in [2.24, 2.45) is 5.73 Å². The monoisotopic (exact) mass is 260 g/mol. The summed E-state index contributed by atoms with van der Waals surface area (Å²) in [6.45, 7) is 1.95. The number of amides is 1. The molecule has 100 valence electrons. The van der Waals surface area contributed by atoms with E-state index in [9.17, 15) is 9.59 Å². The van der Waals surface area contributed by atoms with Crippen molar-refractivity contribution in [1.29, 1.82) is 0 Å². The number of primary amides is 1. The average molecular weight is 260 g/mol. The highest BCUT2D eigenvalue weighted by atomic mass is 16.5. The van der Waals surface area contributed by atoms with E-state index in [1.54, 1.807) is 18.2 Å². The molecular formula is C14H16N2O3. The largest absolute Gasteiger partial charge is 0.478 e. The fraction of sp³-hybridized carbons (Fsp3) is 0.286. The van der Waals surface area contributed by atoms with Gasteiger partial charge in [0.1, 0.15) is 5.75 Å². The summed E-state index contributed by atoms with van der Waals surface area (Å²) in [5.41, 5.74) is 5.68.